The number of nitrogens with one attached hydrogen (secondary N) is 1. The Kier molecular flexibility index (Phi) is 5.79. The number of halogens is 2. The second-order valence-corrected chi connectivity index (χ2v) is 7.77. The van der Waals surface area contributed by atoms with Crippen LogP contribution in [0, 0.1) is 18.2 Å². The predicted molar refractivity (Wildman–Crippen MR) is 118 cm³/mol. The molecule has 0 aliphatic carbocycles. The summed E-state index contributed by atoms with van der Waals surface area (Å²) >= 11 is 5.93. The molecule has 10 heteroatoms. The van der Waals surface area contributed by atoms with E-state index in [0.717, 1.165) is 0 Å². The van der Waals surface area contributed by atoms with Gasteiger partial charge in [-0.25, -0.2) is 19.3 Å². The average molecular weight is 442 g/mol. The SMILES string of the molecule is Cc1cnc2c(-c3ccc(Cl)cc3F)nc(N3C[C@@H](/C(C=N)=C/N)O[C@@H](C)C3)nc2n1. The van der Waals surface area contributed by atoms with Gasteiger partial charge in [0.25, 0.3) is 0 Å². The maximum atomic E-state index is 14.8. The number of nitrogens with zero attached hydrogens (tertiary/aromatic N) is 5. The Morgan fingerprint density at radius 1 is 1.32 bits per heavy atom. The number of hydrogen-bond donors (Lipinski definition) is 2. The van der Waals surface area contributed by atoms with Crippen LogP contribution < -0.4 is 10.6 Å². The molecule has 1 aromatic carbocycles. The Hall–Kier alpha value is -3.17. The molecule has 0 bridgehead atoms. The molecule has 1 aliphatic rings. The molecule has 1 fully saturated rings. The van der Waals surface area contributed by atoms with Crippen molar-refractivity contribution in [2.75, 3.05) is 18.0 Å². The van der Waals surface area contributed by atoms with Crippen LogP contribution in [0.1, 0.15) is 12.6 Å². The third-order valence-corrected chi connectivity index (χ3v) is 5.21. The van der Waals surface area contributed by atoms with E-state index in [1.165, 1.54) is 18.5 Å². The molecule has 3 N–H and O–H groups in total. The third-order valence-electron chi connectivity index (χ3n) is 4.98. The zero-order chi connectivity index (χ0) is 22.1. The molecule has 0 radical (unpaired) electrons. The predicted octanol–water partition coefficient (Wildman–Crippen LogP) is 3.27. The van der Waals surface area contributed by atoms with E-state index >= 15 is 0 Å². The Bertz CT molecular complexity index is 1190. The van der Waals surface area contributed by atoms with Gasteiger partial charge in [-0.2, -0.15) is 4.98 Å². The molecule has 0 saturated carbocycles. The summed E-state index contributed by atoms with van der Waals surface area (Å²) in [6, 6.07) is 4.41. The van der Waals surface area contributed by atoms with Crippen LogP contribution in [0.5, 0.6) is 0 Å². The van der Waals surface area contributed by atoms with Gasteiger partial charge < -0.3 is 20.8 Å². The van der Waals surface area contributed by atoms with Crippen LogP contribution in [0.3, 0.4) is 0 Å². The molecule has 0 unspecified atom stereocenters. The maximum Gasteiger partial charge on any atom is 0.228 e. The molecule has 31 heavy (non-hydrogen) atoms. The average Bonchev–Trinajstić information content (AvgIpc) is 2.73. The summed E-state index contributed by atoms with van der Waals surface area (Å²) in [7, 11) is 0. The largest absolute Gasteiger partial charge is 0.404 e. The van der Waals surface area contributed by atoms with E-state index in [9.17, 15) is 4.39 Å². The van der Waals surface area contributed by atoms with Crippen molar-refractivity contribution in [2.45, 2.75) is 26.1 Å². The fraction of sp³-hybridized carbons (Fsp3) is 0.286. The highest BCUT2D eigenvalue weighted by Gasteiger charge is 2.30. The second-order valence-electron chi connectivity index (χ2n) is 7.33. The topological polar surface area (TPSA) is 114 Å². The molecule has 8 nitrogen and oxygen atoms in total. The summed E-state index contributed by atoms with van der Waals surface area (Å²) in [6.45, 7) is 4.63. The first-order chi connectivity index (χ1) is 14.9. The molecule has 3 aromatic rings. The normalized spacial score (nSPS) is 19.6. The smallest absolute Gasteiger partial charge is 0.228 e. The van der Waals surface area contributed by atoms with Gasteiger partial charge in [0.2, 0.25) is 5.95 Å². The maximum absolute atomic E-state index is 14.8. The molecule has 1 aliphatic heterocycles. The number of ether oxygens (including phenoxy) is 1. The lowest BCUT2D eigenvalue weighted by Gasteiger charge is -2.37. The minimum absolute atomic E-state index is 0.160. The van der Waals surface area contributed by atoms with Gasteiger partial charge in [-0.1, -0.05) is 11.6 Å². The van der Waals surface area contributed by atoms with Crippen molar-refractivity contribution < 1.29 is 9.13 Å². The second kappa shape index (κ2) is 8.52. The standard InChI is InChI=1S/C21H21ClFN7O/c1-11-8-26-19-18(15-4-3-14(22)5-16(15)23)28-21(29-20(19)27-11)30-9-12(2)31-17(10-30)13(6-24)7-25/h3-8,12,17,24H,9-10,25H2,1-2H3/b13-7+,24-6?/t12-,17-/m0/s1. The number of aromatic nitrogens is 4. The van der Waals surface area contributed by atoms with Crippen molar-refractivity contribution in [3.8, 4) is 11.3 Å². The minimum Gasteiger partial charge on any atom is -0.404 e. The molecule has 2 atom stereocenters. The molecule has 2 aromatic heterocycles. The van der Waals surface area contributed by atoms with Gasteiger partial charge >= 0.3 is 0 Å². The molecule has 4 rings (SSSR count). The Morgan fingerprint density at radius 3 is 2.84 bits per heavy atom. The Balaban J connectivity index is 1.86. The van der Waals surface area contributed by atoms with E-state index < -0.39 is 11.9 Å². The van der Waals surface area contributed by atoms with Crippen LogP contribution >= 0.6 is 11.6 Å². The summed E-state index contributed by atoms with van der Waals surface area (Å²) in [5.41, 5.74) is 8.25. The van der Waals surface area contributed by atoms with Crippen LogP contribution in [0.2, 0.25) is 5.02 Å². The molecule has 0 spiro atoms. The Morgan fingerprint density at radius 2 is 2.13 bits per heavy atom. The zero-order valence-electron chi connectivity index (χ0n) is 17.0. The minimum atomic E-state index is -0.508. The fourth-order valence-corrected chi connectivity index (χ4v) is 3.70. The quantitative estimate of drug-likeness (QED) is 0.597. The lowest BCUT2D eigenvalue weighted by molar-refractivity contribution is 0.00664. The summed E-state index contributed by atoms with van der Waals surface area (Å²) in [5.74, 6) is -0.135. The van der Waals surface area contributed by atoms with Gasteiger partial charge in [-0.05, 0) is 32.0 Å². The number of hydrogen-bond acceptors (Lipinski definition) is 8. The summed E-state index contributed by atoms with van der Waals surface area (Å²) < 4.78 is 20.7. The van der Waals surface area contributed by atoms with E-state index in [0.29, 0.717) is 52.2 Å². The summed E-state index contributed by atoms with van der Waals surface area (Å²) in [4.78, 5) is 20.1. The highest BCUT2D eigenvalue weighted by atomic mass is 35.5. The molecule has 0 amide bonds. The highest BCUT2D eigenvalue weighted by Crippen LogP contribution is 2.31. The summed E-state index contributed by atoms with van der Waals surface area (Å²) in [5, 5.41) is 7.87. The van der Waals surface area contributed by atoms with E-state index in [1.54, 1.807) is 18.3 Å². The van der Waals surface area contributed by atoms with Crippen molar-refractivity contribution in [3.05, 3.63) is 52.7 Å². The van der Waals surface area contributed by atoms with E-state index in [-0.39, 0.29) is 11.7 Å². The molecule has 160 valence electrons. The number of anilines is 1. The zero-order valence-corrected chi connectivity index (χ0v) is 17.8. The molecular weight excluding hydrogens is 421 g/mol. The van der Waals surface area contributed by atoms with Crippen LogP contribution in [0.4, 0.5) is 10.3 Å². The number of benzene rings is 1. The van der Waals surface area contributed by atoms with Crippen LogP contribution in [0.15, 0.2) is 36.2 Å². The fourth-order valence-electron chi connectivity index (χ4n) is 3.54. The first-order valence-corrected chi connectivity index (χ1v) is 10.1. The van der Waals surface area contributed by atoms with Crippen LogP contribution in [-0.2, 0) is 4.74 Å². The molecular formula is C21H21ClFN7O. The lowest BCUT2D eigenvalue weighted by Crippen LogP contribution is -2.48. The van der Waals surface area contributed by atoms with Gasteiger partial charge in [0.15, 0.2) is 5.65 Å². The molecule has 1 saturated heterocycles. The third kappa shape index (κ3) is 4.19. The first-order valence-electron chi connectivity index (χ1n) is 9.69. The van der Waals surface area contributed by atoms with E-state index in [4.69, 9.17) is 27.5 Å². The van der Waals surface area contributed by atoms with E-state index in [2.05, 4.69) is 19.9 Å². The number of fused-ring (bicyclic) bond motifs is 1. The lowest BCUT2D eigenvalue weighted by atomic mass is 10.1. The van der Waals surface area contributed by atoms with Gasteiger partial charge in [0.05, 0.1) is 18.3 Å². The number of aryl methyl sites for hydroxylation is 1. The van der Waals surface area contributed by atoms with Crippen molar-refractivity contribution >= 4 is 34.9 Å². The van der Waals surface area contributed by atoms with Crippen molar-refractivity contribution in [1.29, 1.82) is 5.41 Å². The van der Waals surface area contributed by atoms with E-state index in [1.807, 2.05) is 18.7 Å². The van der Waals surface area contributed by atoms with Crippen molar-refractivity contribution in [1.82, 2.24) is 19.9 Å². The van der Waals surface area contributed by atoms with Gasteiger partial charge in [0.1, 0.15) is 23.1 Å². The monoisotopic (exact) mass is 441 g/mol. The highest BCUT2D eigenvalue weighted by molar-refractivity contribution is 6.30. The number of morpholine rings is 1. The van der Waals surface area contributed by atoms with Gasteiger partial charge in [-0.3, -0.25) is 0 Å². The summed E-state index contributed by atoms with van der Waals surface area (Å²) in [6.07, 6.45) is 3.55. The van der Waals surface area contributed by atoms with Gasteiger partial charge in [-0.15, -0.1) is 0 Å². The first kappa shape index (κ1) is 21.1. The van der Waals surface area contributed by atoms with Crippen LogP contribution in [0.25, 0.3) is 22.4 Å². The molecule has 3 heterocycles. The number of nitrogens with two attached hydrogens (primary N) is 1. The Labute approximate surface area is 183 Å². The van der Waals surface area contributed by atoms with Gasteiger partial charge in [0, 0.05) is 41.3 Å². The van der Waals surface area contributed by atoms with Crippen LogP contribution in [-0.4, -0.2) is 51.4 Å². The van der Waals surface area contributed by atoms with Crippen molar-refractivity contribution in [3.63, 3.8) is 0 Å². The number of rotatable bonds is 4. The van der Waals surface area contributed by atoms with Crippen molar-refractivity contribution in [2.24, 2.45) is 5.73 Å².